The molecule has 1 aromatic carbocycles. The highest BCUT2D eigenvalue weighted by molar-refractivity contribution is 6.36. The van der Waals surface area contributed by atoms with Crippen LogP contribution in [0.4, 0.5) is 0 Å². The van der Waals surface area contributed by atoms with Gasteiger partial charge >= 0.3 is 0 Å². The van der Waals surface area contributed by atoms with Crippen LogP contribution in [0.25, 0.3) is 11.3 Å². The fraction of sp³-hybridized carbons (Fsp3) is 0. The summed E-state index contributed by atoms with van der Waals surface area (Å²) in [5.41, 5.74) is 1.44. The molecule has 2 rings (SSSR count). The molecular formula is C9H4Cl2NO. The van der Waals surface area contributed by atoms with E-state index in [-0.39, 0.29) is 0 Å². The Balaban J connectivity index is 2.53. The summed E-state index contributed by atoms with van der Waals surface area (Å²) in [6.07, 6.45) is 2.49. The third-order valence-corrected chi connectivity index (χ3v) is 2.15. The van der Waals surface area contributed by atoms with Crippen molar-refractivity contribution >= 4 is 23.2 Å². The molecule has 1 heterocycles. The van der Waals surface area contributed by atoms with Crippen molar-refractivity contribution in [1.82, 2.24) is 5.16 Å². The summed E-state index contributed by atoms with van der Waals surface area (Å²) in [4.78, 5) is 0. The number of rotatable bonds is 1. The molecule has 0 spiro atoms. The third kappa shape index (κ3) is 1.69. The highest BCUT2D eigenvalue weighted by Crippen LogP contribution is 2.28. The summed E-state index contributed by atoms with van der Waals surface area (Å²) in [5, 5.41) is 4.87. The van der Waals surface area contributed by atoms with Crippen molar-refractivity contribution in [2.24, 2.45) is 0 Å². The van der Waals surface area contributed by atoms with Crippen molar-refractivity contribution in [1.29, 1.82) is 0 Å². The number of hydrogen-bond donors (Lipinski definition) is 0. The van der Waals surface area contributed by atoms with E-state index < -0.39 is 0 Å². The lowest BCUT2D eigenvalue weighted by Gasteiger charge is -1.99. The fourth-order valence-electron chi connectivity index (χ4n) is 1.01. The van der Waals surface area contributed by atoms with E-state index in [2.05, 4.69) is 15.9 Å². The van der Waals surface area contributed by atoms with Crippen LogP contribution >= 0.6 is 23.2 Å². The second-order valence-electron chi connectivity index (χ2n) is 2.45. The van der Waals surface area contributed by atoms with Crippen LogP contribution in [-0.2, 0) is 0 Å². The van der Waals surface area contributed by atoms with Gasteiger partial charge in [0, 0.05) is 16.7 Å². The van der Waals surface area contributed by atoms with Crippen LogP contribution in [0.15, 0.2) is 28.8 Å². The van der Waals surface area contributed by atoms with Gasteiger partial charge in [0.15, 0.2) is 0 Å². The van der Waals surface area contributed by atoms with E-state index in [0.29, 0.717) is 15.7 Å². The fourth-order valence-corrected chi connectivity index (χ4v) is 1.51. The van der Waals surface area contributed by atoms with Crippen molar-refractivity contribution in [3.05, 3.63) is 40.6 Å². The molecule has 0 bridgehead atoms. The van der Waals surface area contributed by atoms with E-state index in [4.69, 9.17) is 23.2 Å². The summed E-state index contributed by atoms with van der Waals surface area (Å²) in [7, 11) is 0. The first-order chi connectivity index (χ1) is 6.27. The Morgan fingerprint density at radius 2 is 2.15 bits per heavy atom. The summed E-state index contributed by atoms with van der Waals surface area (Å²) < 4.78 is 4.59. The largest absolute Gasteiger partial charge is 0.352 e. The maximum absolute atomic E-state index is 5.94. The highest BCUT2D eigenvalue weighted by atomic mass is 35.5. The van der Waals surface area contributed by atoms with Gasteiger partial charge in [-0.25, -0.2) is 0 Å². The van der Waals surface area contributed by atoms with Crippen LogP contribution in [0.5, 0.6) is 0 Å². The molecule has 0 amide bonds. The van der Waals surface area contributed by atoms with Crippen LogP contribution in [0.1, 0.15) is 0 Å². The molecule has 0 N–H and O–H groups in total. The quantitative estimate of drug-likeness (QED) is 0.724. The molecule has 0 fully saturated rings. The Labute approximate surface area is 85.1 Å². The maximum atomic E-state index is 5.94. The normalized spacial score (nSPS) is 10.3. The minimum absolute atomic E-state index is 0.551. The molecule has 2 nitrogen and oxygen atoms in total. The molecule has 0 aliphatic heterocycles. The maximum Gasteiger partial charge on any atom is 0.205 e. The zero-order valence-electron chi connectivity index (χ0n) is 6.42. The van der Waals surface area contributed by atoms with Gasteiger partial charge in [0.05, 0.1) is 5.02 Å². The van der Waals surface area contributed by atoms with Crippen molar-refractivity contribution in [3.8, 4) is 11.3 Å². The van der Waals surface area contributed by atoms with Gasteiger partial charge in [-0.1, -0.05) is 28.4 Å². The van der Waals surface area contributed by atoms with Gasteiger partial charge in [0.2, 0.25) is 6.26 Å². The molecule has 0 unspecified atom stereocenters. The minimum atomic E-state index is 0.551. The third-order valence-electron chi connectivity index (χ3n) is 1.60. The monoisotopic (exact) mass is 212 g/mol. The summed E-state index contributed by atoms with van der Waals surface area (Å²) in [6.45, 7) is 0. The van der Waals surface area contributed by atoms with Crippen LogP contribution in [-0.4, -0.2) is 5.16 Å². The van der Waals surface area contributed by atoms with Crippen molar-refractivity contribution in [2.75, 3.05) is 0 Å². The van der Waals surface area contributed by atoms with Crippen LogP contribution in [0, 0.1) is 6.26 Å². The second kappa shape index (κ2) is 3.40. The summed E-state index contributed by atoms with van der Waals surface area (Å²) >= 11 is 11.7. The average molecular weight is 213 g/mol. The number of nitrogens with zero attached hydrogens (tertiary/aromatic N) is 1. The minimum Gasteiger partial charge on any atom is -0.352 e. The summed E-state index contributed by atoms with van der Waals surface area (Å²) in [6, 6.07) is 6.82. The first kappa shape index (κ1) is 8.60. The van der Waals surface area contributed by atoms with Gasteiger partial charge in [0.1, 0.15) is 5.69 Å². The van der Waals surface area contributed by atoms with Crippen molar-refractivity contribution < 1.29 is 4.52 Å². The predicted octanol–water partition coefficient (Wildman–Crippen LogP) is 3.45. The summed E-state index contributed by atoms with van der Waals surface area (Å²) in [5.74, 6) is 0. The average Bonchev–Trinajstić information content (AvgIpc) is 2.56. The van der Waals surface area contributed by atoms with E-state index in [0.717, 1.165) is 5.56 Å². The molecule has 0 aliphatic carbocycles. The highest BCUT2D eigenvalue weighted by Gasteiger charge is 2.06. The van der Waals surface area contributed by atoms with E-state index in [9.17, 15) is 0 Å². The first-order valence-electron chi connectivity index (χ1n) is 3.55. The standard InChI is InChI=1S/C9H4Cl2NO/c10-6-1-2-7(8(11)5-6)9-3-4-13-12-9/h1-3,5H. The first-order valence-corrected chi connectivity index (χ1v) is 4.31. The predicted molar refractivity (Wildman–Crippen MR) is 50.8 cm³/mol. The molecule has 1 radical (unpaired) electrons. The van der Waals surface area contributed by atoms with Gasteiger partial charge < -0.3 is 4.52 Å². The van der Waals surface area contributed by atoms with E-state index in [1.54, 1.807) is 24.3 Å². The Kier molecular flexibility index (Phi) is 2.25. The van der Waals surface area contributed by atoms with Crippen LogP contribution in [0.2, 0.25) is 10.0 Å². The topological polar surface area (TPSA) is 26.0 Å². The Bertz CT molecular complexity index is 412. The van der Waals surface area contributed by atoms with E-state index >= 15 is 0 Å². The Morgan fingerprint density at radius 3 is 2.77 bits per heavy atom. The SMILES string of the molecule is Clc1ccc(-c2c[c]on2)c(Cl)c1. The number of hydrogen-bond acceptors (Lipinski definition) is 2. The van der Waals surface area contributed by atoms with Crippen molar-refractivity contribution in [3.63, 3.8) is 0 Å². The Morgan fingerprint density at radius 1 is 1.31 bits per heavy atom. The van der Waals surface area contributed by atoms with Gasteiger partial charge in [-0.15, -0.1) is 0 Å². The second-order valence-corrected chi connectivity index (χ2v) is 3.30. The molecule has 0 atom stereocenters. The molecule has 65 valence electrons. The molecule has 0 aliphatic rings. The molecule has 0 saturated carbocycles. The number of aromatic nitrogens is 1. The molecule has 1 aromatic heterocycles. The lowest BCUT2D eigenvalue weighted by atomic mass is 10.1. The lowest BCUT2D eigenvalue weighted by Crippen LogP contribution is -1.78. The Hall–Kier alpha value is -0.990. The number of halogens is 2. The zero-order valence-corrected chi connectivity index (χ0v) is 7.93. The van der Waals surface area contributed by atoms with Crippen molar-refractivity contribution in [2.45, 2.75) is 0 Å². The van der Waals surface area contributed by atoms with Gasteiger partial charge in [-0.2, -0.15) is 0 Å². The van der Waals surface area contributed by atoms with Crippen LogP contribution < -0.4 is 0 Å². The van der Waals surface area contributed by atoms with E-state index in [1.807, 2.05) is 0 Å². The molecule has 0 saturated heterocycles. The van der Waals surface area contributed by atoms with Gasteiger partial charge in [0.25, 0.3) is 0 Å². The molecule has 13 heavy (non-hydrogen) atoms. The lowest BCUT2D eigenvalue weighted by molar-refractivity contribution is 0.415. The van der Waals surface area contributed by atoms with Crippen LogP contribution in [0.3, 0.4) is 0 Å². The molecular weight excluding hydrogens is 209 g/mol. The molecule has 2 aromatic rings. The van der Waals surface area contributed by atoms with Gasteiger partial charge in [-0.3, -0.25) is 0 Å². The smallest absolute Gasteiger partial charge is 0.205 e. The zero-order chi connectivity index (χ0) is 9.26. The number of benzene rings is 1. The molecule has 4 heteroatoms. The van der Waals surface area contributed by atoms with Gasteiger partial charge in [-0.05, 0) is 18.2 Å². The van der Waals surface area contributed by atoms with E-state index in [1.165, 1.54) is 0 Å².